The summed E-state index contributed by atoms with van der Waals surface area (Å²) < 4.78 is 5.80. The Labute approximate surface area is 133 Å². The molecule has 0 aliphatic heterocycles. The zero-order chi connectivity index (χ0) is 15.4. The Balaban J connectivity index is 1.96. The van der Waals surface area contributed by atoms with Crippen molar-refractivity contribution in [3.8, 4) is 0 Å². The number of furan rings is 1. The second-order valence-electron chi connectivity index (χ2n) is 5.92. The number of anilines is 1. The highest BCUT2D eigenvalue weighted by Gasteiger charge is 2.09. The van der Waals surface area contributed by atoms with Gasteiger partial charge in [-0.25, -0.2) is 0 Å². The molecule has 2 nitrogen and oxygen atoms in total. The number of fused-ring (bicyclic) bond motifs is 6. The lowest BCUT2D eigenvalue weighted by Gasteiger charge is -2.07. The smallest absolute Gasteiger partial charge is 0.193 e. The number of nitrogens with one attached hydrogen (secondary N) is 1. The monoisotopic (exact) mass is 297 g/mol. The summed E-state index contributed by atoms with van der Waals surface area (Å²) >= 11 is 0. The van der Waals surface area contributed by atoms with Crippen molar-refractivity contribution in [2.75, 3.05) is 12.4 Å². The molecule has 0 saturated carbocycles. The highest BCUT2D eigenvalue weighted by Crippen LogP contribution is 2.35. The second-order valence-corrected chi connectivity index (χ2v) is 5.92. The predicted molar refractivity (Wildman–Crippen MR) is 98.3 cm³/mol. The molecule has 4 aromatic carbocycles. The van der Waals surface area contributed by atoms with Gasteiger partial charge in [-0.2, -0.15) is 0 Å². The van der Waals surface area contributed by atoms with Gasteiger partial charge < -0.3 is 9.73 Å². The molecule has 0 radical (unpaired) electrons. The van der Waals surface area contributed by atoms with Crippen LogP contribution in [0.3, 0.4) is 0 Å². The average Bonchev–Trinajstić information content (AvgIpc) is 3.03. The third kappa shape index (κ3) is 1.75. The van der Waals surface area contributed by atoms with E-state index in [9.17, 15) is 0 Å². The van der Waals surface area contributed by atoms with Gasteiger partial charge in [-0.05, 0) is 50.5 Å². The van der Waals surface area contributed by atoms with Gasteiger partial charge in [0.15, 0.2) is 5.88 Å². The quantitative estimate of drug-likeness (QED) is 0.306. The summed E-state index contributed by atoms with van der Waals surface area (Å²) in [6, 6.07) is 23.8. The van der Waals surface area contributed by atoms with Crippen LogP contribution in [0, 0.1) is 0 Å². The van der Waals surface area contributed by atoms with E-state index in [1.807, 2.05) is 7.05 Å². The standard InChI is InChI=1S/C21H15NO/c1-22-21-12-19-17-7-6-15-10-13-4-2-3-5-14(13)11-18(15)16(17)8-9-20(19)23-21/h2-12,22H,1H3. The minimum Gasteiger partial charge on any atom is -0.441 e. The maximum atomic E-state index is 5.80. The van der Waals surface area contributed by atoms with Crippen LogP contribution in [-0.4, -0.2) is 7.05 Å². The molecule has 0 fully saturated rings. The molecule has 0 aliphatic rings. The molecular formula is C21H15NO. The summed E-state index contributed by atoms with van der Waals surface area (Å²) in [4.78, 5) is 0. The van der Waals surface area contributed by atoms with E-state index in [0.29, 0.717) is 0 Å². The summed E-state index contributed by atoms with van der Waals surface area (Å²) in [5.41, 5.74) is 0.919. The molecule has 1 heterocycles. The Morgan fingerprint density at radius 2 is 1.39 bits per heavy atom. The summed E-state index contributed by atoms with van der Waals surface area (Å²) in [5, 5.41) is 11.8. The van der Waals surface area contributed by atoms with Gasteiger partial charge in [0.2, 0.25) is 0 Å². The molecule has 23 heavy (non-hydrogen) atoms. The van der Waals surface area contributed by atoms with Crippen molar-refractivity contribution >= 4 is 49.2 Å². The minimum atomic E-state index is 0.797. The Morgan fingerprint density at radius 1 is 0.652 bits per heavy atom. The Kier molecular flexibility index (Phi) is 2.45. The number of benzene rings is 4. The molecule has 0 spiro atoms. The number of hydrogen-bond acceptors (Lipinski definition) is 2. The topological polar surface area (TPSA) is 25.2 Å². The van der Waals surface area contributed by atoms with E-state index in [1.54, 1.807) is 0 Å². The van der Waals surface area contributed by atoms with Crippen LogP contribution in [0.1, 0.15) is 0 Å². The largest absolute Gasteiger partial charge is 0.441 e. The van der Waals surface area contributed by atoms with Crippen molar-refractivity contribution in [3.05, 3.63) is 66.7 Å². The summed E-state index contributed by atoms with van der Waals surface area (Å²) in [6.07, 6.45) is 0. The highest BCUT2D eigenvalue weighted by molar-refractivity contribution is 6.18. The van der Waals surface area contributed by atoms with Gasteiger partial charge in [0.1, 0.15) is 5.58 Å². The van der Waals surface area contributed by atoms with Crippen LogP contribution in [-0.2, 0) is 0 Å². The molecule has 110 valence electrons. The van der Waals surface area contributed by atoms with E-state index in [0.717, 1.165) is 16.9 Å². The van der Waals surface area contributed by atoms with E-state index in [-0.39, 0.29) is 0 Å². The van der Waals surface area contributed by atoms with Crippen LogP contribution in [0.4, 0.5) is 5.88 Å². The van der Waals surface area contributed by atoms with Crippen LogP contribution in [0.15, 0.2) is 71.1 Å². The molecule has 1 N–H and O–H groups in total. The molecule has 0 bridgehead atoms. The van der Waals surface area contributed by atoms with Gasteiger partial charge in [0.05, 0.1) is 0 Å². The van der Waals surface area contributed by atoms with Crippen molar-refractivity contribution < 1.29 is 4.42 Å². The fourth-order valence-electron chi connectivity index (χ4n) is 3.47. The molecule has 0 unspecified atom stereocenters. The van der Waals surface area contributed by atoms with E-state index in [1.165, 1.54) is 32.3 Å². The van der Waals surface area contributed by atoms with Crippen LogP contribution in [0.2, 0.25) is 0 Å². The average molecular weight is 297 g/mol. The maximum Gasteiger partial charge on any atom is 0.193 e. The molecular weight excluding hydrogens is 282 g/mol. The molecule has 0 amide bonds. The van der Waals surface area contributed by atoms with Gasteiger partial charge in [0.25, 0.3) is 0 Å². The zero-order valence-corrected chi connectivity index (χ0v) is 12.8. The van der Waals surface area contributed by atoms with E-state index in [2.05, 4.69) is 72.0 Å². The van der Waals surface area contributed by atoms with Gasteiger partial charge in [-0.15, -0.1) is 0 Å². The zero-order valence-electron chi connectivity index (χ0n) is 12.8. The van der Waals surface area contributed by atoms with Gasteiger partial charge >= 0.3 is 0 Å². The lowest BCUT2D eigenvalue weighted by Crippen LogP contribution is -1.81. The molecule has 2 heteroatoms. The molecule has 5 aromatic rings. The lowest BCUT2D eigenvalue weighted by molar-refractivity contribution is 0.632. The molecule has 5 rings (SSSR count). The SMILES string of the molecule is CNc1cc2c(ccc3c4cc5ccccc5cc4ccc23)o1. The molecule has 1 aromatic heterocycles. The Bertz CT molecular complexity index is 1200. The van der Waals surface area contributed by atoms with Crippen molar-refractivity contribution in [3.63, 3.8) is 0 Å². The molecule has 0 saturated heterocycles. The first-order valence-corrected chi connectivity index (χ1v) is 7.79. The first-order chi connectivity index (χ1) is 11.3. The van der Waals surface area contributed by atoms with Crippen LogP contribution < -0.4 is 5.32 Å². The second kappa shape index (κ2) is 4.50. The number of hydrogen-bond donors (Lipinski definition) is 1. The fraction of sp³-hybridized carbons (Fsp3) is 0.0476. The number of rotatable bonds is 1. The van der Waals surface area contributed by atoms with Crippen molar-refractivity contribution in [1.29, 1.82) is 0 Å². The van der Waals surface area contributed by atoms with E-state index < -0.39 is 0 Å². The van der Waals surface area contributed by atoms with Crippen molar-refractivity contribution in [1.82, 2.24) is 0 Å². The van der Waals surface area contributed by atoms with Crippen LogP contribution in [0.5, 0.6) is 0 Å². The summed E-state index contributed by atoms with van der Waals surface area (Å²) in [5.74, 6) is 0.797. The van der Waals surface area contributed by atoms with Gasteiger partial charge in [-0.1, -0.05) is 42.5 Å². The first kappa shape index (κ1) is 12.5. The third-order valence-electron chi connectivity index (χ3n) is 4.63. The molecule has 0 atom stereocenters. The Morgan fingerprint density at radius 3 is 2.22 bits per heavy atom. The Hall–Kier alpha value is -3.00. The maximum absolute atomic E-state index is 5.80. The van der Waals surface area contributed by atoms with E-state index >= 15 is 0 Å². The molecule has 0 aliphatic carbocycles. The van der Waals surface area contributed by atoms with Crippen molar-refractivity contribution in [2.24, 2.45) is 0 Å². The minimum absolute atomic E-state index is 0.797. The first-order valence-electron chi connectivity index (χ1n) is 7.79. The normalized spacial score (nSPS) is 11.7. The third-order valence-corrected chi connectivity index (χ3v) is 4.63. The van der Waals surface area contributed by atoms with Gasteiger partial charge in [0, 0.05) is 18.5 Å². The predicted octanol–water partition coefficient (Wildman–Crippen LogP) is 5.93. The van der Waals surface area contributed by atoms with E-state index in [4.69, 9.17) is 4.42 Å². The van der Waals surface area contributed by atoms with Crippen LogP contribution >= 0.6 is 0 Å². The van der Waals surface area contributed by atoms with Crippen LogP contribution in [0.25, 0.3) is 43.3 Å². The van der Waals surface area contributed by atoms with Crippen molar-refractivity contribution in [2.45, 2.75) is 0 Å². The summed E-state index contributed by atoms with van der Waals surface area (Å²) in [7, 11) is 1.88. The summed E-state index contributed by atoms with van der Waals surface area (Å²) in [6.45, 7) is 0. The lowest BCUT2D eigenvalue weighted by atomic mass is 9.97. The highest BCUT2D eigenvalue weighted by atomic mass is 16.3. The van der Waals surface area contributed by atoms with Gasteiger partial charge in [-0.3, -0.25) is 0 Å². The fourth-order valence-corrected chi connectivity index (χ4v) is 3.47.